The highest BCUT2D eigenvalue weighted by molar-refractivity contribution is 9.10. The first-order valence-corrected chi connectivity index (χ1v) is 6.36. The third-order valence-electron chi connectivity index (χ3n) is 2.40. The van der Waals surface area contributed by atoms with Crippen LogP contribution in [0.4, 0.5) is 14.5 Å². The van der Waals surface area contributed by atoms with Gasteiger partial charge in [-0.1, -0.05) is 17.7 Å². The Morgan fingerprint density at radius 1 is 1.11 bits per heavy atom. The molecule has 2 rings (SSSR count). The maximum Gasteiger partial charge on any atom is 0.142 e. The highest BCUT2D eigenvalue weighted by Crippen LogP contribution is 2.24. The average Bonchev–Trinajstić information content (AvgIpc) is 2.34. The van der Waals surface area contributed by atoms with Crippen molar-refractivity contribution in [2.45, 2.75) is 6.54 Å². The van der Waals surface area contributed by atoms with E-state index in [4.69, 9.17) is 11.6 Å². The van der Waals surface area contributed by atoms with Gasteiger partial charge in [-0.05, 0) is 51.8 Å². The van der Waals surface area contributed by atoms with Crippen molar-refractivity contribution in [3.8, 4) is 0 Å². The van der Waals surface area contributed by atoms with Crippen LogP contribution in [0, 0.1) is 11.6 Å². The molecular weight excluding hydrogens is 324 g/mol. The molecule has 5 heteroatoms. The summed E-state index contributed by atoms with van der Waals surface area (Å²) in [6, 6.07) is 8.90. The zero-order chi connectivity index (χ0) is 13.1. The van der Waals surface area contributed by atoms with Crippen LogP contribution >= 0.6 is 27.5 Å². The van der Waals surface area contributed by atoms with Crippen LogP contribution in [-0.2, 0) is 6.54 Å². The van der Waals surface area contributed by atoms with Gasteiger partial charge in [0, 0.05) is 11.0 Å². The Morgan fingerprint density at radius 3 is 2.61 bits per heavy atom. The largest absolute Gasteiger partial charge is 0.380 e. The number of anilines is 1. The van der Waals surface area contributed by atoms with Crippen LogP contribution in [0.1, 0.15) is 5.56 Å². The number of halogens is 4. The van der Waals surface area contributed by atoms with Crippen LogP contribution < -0.4 is 5.32 Å². The van der Waals surface area contributed by atoms with Gasteiger partial charge in [0.1, 0.15) is 11.6 Å². The van der Waals surface area contributed by atoms with Gasteiger partial charge < -0.3 is 5.32 Å². The molecule has 0 spiro atoms. The Morgan fingerprint density at radius 2 is 1.89 bits per heavy atom. The number of benzene rings is 2. The zero-order valence-electron chi connectivity index (χ0n) is 9.18. The lowest BCUT2D eigenvalue weighted by Gasteiger charge is -2.09. The quantitative estimate of drug-likeness (QED) is 0.834. The fraction of sp³-hybridized carbons (Fsp3) is 0.0769. The predicted octanol–water partition coefficient (Wildman–Crippen LogP) is 4.99. The molecule has 0 unspecified atom stereocenters. The van der Waals surface area contributed by atoms with Gasteiger partial charge in [-0.3, -0.25) is 0 Å². The minimum absolute atomic E-state index is 0.0886. The summed E-state index contributed by atoms with van der Waals surface area (Å²) >= 11 is 8.90. The Bertz CT molecular complexity index is 575. The SMILES string of the molecule is Fc1ccc(Br)c(NCc2ccc(Cl)c(F)c2)c1. The van der Waals surface area contributed by atoms with E-state index in [2.05, 4.69) is 21.2 Å². The second-order valence-corrected chi connectivity index (χ2v) is 4.99. The zero-order valence-corrected chi connectivity index (χ0v) is 11.5. The molecule has 18 heavy (non-hydrogen) atoms. The molecule has 0 aliphatic heterocycles. The first kappa shape index (κ1) is 13.3. The molecule has 2 aromatic carbocycles. The molecule has 1 N–H and O–H groups in total. The van der Waals surface area contributed by atoms with Crippen LogP contribution in [0.2, 0.25) is 5.02 Å². The number of nitrogens with one attached hydrogen (secondary N) is 1. The molecule has 0 amide bonds. The van der Waals surface area contributed by atoms with Gasteiger partial charge in [0.15, 0.2) is 0 Å². The molecule has 1 nitrogen and oxygen atoms in total. The van der Waals surface area contributed by atoms with Gasteiger partial charge in [0.05, 0.1) is 10.7 Å². The van der Waals surface area contributed by atoms with E-state index >= 15 is 0 Å². The van der Waals surface area contributed by atoms with E-state index in [-0.39, 0.29) is 10.8 Å². The van der Waals surface area contributed by atoms with Gasteiger partial charge in [0.25, 0.3) is 0 Å². The Balaban J connectivity index is 2.11. The van der Waals surface area contributed by atoms with Crippen molar-refractivity contribution in [1.82, 2.24) is 0 Å². The van der Waals surface area contributed by atoms with Crippen molar-refractivity contribution < 1.29 is 8.78 Å². The molecular formula is C13H9BrClF2N. The Hall–Kier alpha value is -1.13. The number of rotatable bonds is 3. The molecule has 0 saturated carbocycles. The summed E-state index contributed by atoms with van der Waals surface area (Å²) in [6.45, 7) is 0.385. The summed E-state index contributed by atoms with van der Waals surface area (Å²) in [5.41, 5.74) is 1.35. The van der Waals surface area contributed by atoms with Crippen molar-refractivity contribution in [3.63, 3.8) is 0 Å². The first-order chi connectivity index (χ1) is 8.56. The summed E-state index contributed by atoms with van der Waals surface area (Å²) in [6.07, 6.45) is 0. The van der Waals surface area contributed by atoms with Gasteiger partial charge in [-0.2, -0.15) is 0 Å². The number of hydrogen-bond donors (Lipinski definition) is 1. The van der Waals surface area contributed by atoms with E-state index in [1.807, 2.05) is 0 Å². The van der Waals surface area contributed by atoms with E-state index in [1.165, 1.54) is 24.3 Å². The fourth-order valence-corrected chi connectivity index (χ4v) is 1.98. The van der Waals surface area contributed by atoms with E-state index in [1.54, 1.807) is 12.1 Å². The van der Waals surface area contributed by atoms with Crippen LogP contribution in [0.5, 0.6) is 0 Å². The second kappa shape index (κ2) is 5.67. The molecule has 94 valence electrons. The summed E-state index contributed by atoms with van der Waals surface area (Å²) in [4.78, 5) is 0. The lowest BCUT2D eigenvalue weighted by atomic mass is 10.2. The van der Waals surface area contributed by atoms with Crippen molar-refractivity contribution in [3.05, 3.63) is 63.1 Å². The highest BCUT2D eigenvalue weighted by atomic mass is 79.9. The topological polar surface area (TPSA) is 12.0 Å². The number of hydrogen-bond acceptors (Lipinski definition) is 1. The highest BCUT2D eigenvalue weighted by Gasteiger charge is 2.04. The van der Waals surface area contributed by atoms with Crippen molar-refractivity contribution in [1.29, 1.82) is 0 Å². The molecule has 0 aliphatic rings. The van der Waals surface area contributed by atoms with Gasteiger partial charge in [0.2, 0.25) is 0 Å². The van der Waals surface area contributed by atoms with Gasteiger partial charge >= 0.3 is 0 Å². The standard InChI is InChI=1S/C13H9BrClF2N/c14-10-3-2-9(16)6-13(10)18-7-8-1-4-11(15)12(17)5-8/h1-6,18H,7H2. The van der Waals surface area contributed by atoms with Crippen molar-refractivity contribution >= 4 is 33.2 Å². The van der Waals surface area contributed by atoms with E-state index in [0.717, 1.165) is 10.0 Å². The lowest BCUT2D eigenvalue weighted by Crippen LogP contribution is -2.01. The average molecular weight is 333 g/mol. The lowest BCUT2D eigenvalue weighted by molar-refractivity contribution is 0.625. The molecule has 0 radical (unpaired) electrons. The molecule has 0 heterocycles. The third-order valence-corrected chi connectivity index (χ3v) is 3.39. The maximum absolute atomic E-state index is 13.2. The van der Waals surface area contributed by atoms with Gasteiger partial charge in [-0.15, -0.1) is 0 Å². The third kappa shape index (κ3) is 3.21. The molecule has 2 aromatic rings. The summed E-state index contributed by atoms with van der Waals surface area (Å²) in [7, 11) is 0. The first-order valence-electron chi connectivity index (χ1n) is 5.19. The molecule has 0 saturated heterocycles. The summed E-state index contributed by atoms with van der Waals surface area (Å²) < 4.78 is 27.0. The fourth-order valence-electron chi connectivity index (χ4n) is 1.48. The van der Waals surface area contributed by atoms with Crippen LogP contribution in [-0.4, -0.2) is 0 Å². The van der Waals surface area contributed by atoms with Crippen LogP contribution in [0.15, 0.2) is 40.9 Å². The monoisotopic (exact) mass is 331 g/mol. The Kier molecular flexibility index (Phi) is 4.19. The Labute approximate surface area is 117 Å². The maximum atomic E-state index is 13.2. The summed E-state index contributed by atoms with van der Waals surface area (Å²) in [5.74, 6) is -0.794. The molecule has 0 atom stereocenters. The van der Waals surface area contributed by atoms with E-state index in [0.29, 0.717) is 12.2 Å². The van der Waals surface area contributed by atoms with Crippen molar-refractivity contribution in [2.24, 2.45) is 0 Å². The predicted molar refractivity (Wildman–Crippen MR) is 72.8 cm³/mol. The van der Waals surface area contributed by atoms with E-state index in [9.17, 15) is 8.78 Å². The molecule has 0 aromatic heterocycles. The molecule has 0 bridgehead atoms. The summed E-state index contributed by atoms with van der Waals surface area (Å²) in [5, 5.41) is 3.11. The second-order valence-electron chi connectivity index (χ2n) is 3.73. The van der Waals surface area contributed by atoms with Gasteiger partial charge in [-0.25, -0.2) is 8.78 Å². The normalized spacial score (nSPS) is 10.4. The minimum atomic E-state index is -0.464. The van der Waals surface area contributed by atoms with Crippen LogP contribution in [0.3, 0.4) is 0 Å². The minimum Gasteiger partial charge on any atom is -0.380 e. The molecule has 0 fully saturated rings. The smallest absolute Gasteiger partial charge is 0.142 e. The van der Waals surface area contributed by atoms with E-state index < -0.39 is 5.82 Å². The van der Waals surface area contributed by atoms with Crippen molar-refractivity contribution in [2.75, 3.05) is 5.32 Å². The van der Waals surface area contributed by atoms with Crippen LogP contribution in [0.25, 0.3) is 0 Å². The molecule has 0 aliphatic carbocycles.